The molecule has 17 heavy (non-hydrogen) atoms. The van der Waals surface area contributed by atoms with E-state index < -0.39 is 19.5 Å². The Morgan fingerprint density at radius 2 is 1.65 bits per heavy atom. The maximum atomic E-state index is 11.3. The Morgan fingerprint density at radius 1 is 1.18 bits per heavy atom. The summed E-state index contributed by atoms with van der Waals surface area (Å²) in [6, 6.07) is 6.19. The maximum absolute atomic E-state index is 11.3. The van der Waals surface area contributed by atoms with Gasteiger partial charge in [-0.2, -0.15) is 0 Å². The highest BCUT2D eigenvalue weighted by Crippen LogP contribution is 2.69. The van der Waals surface area contributed by atoms with E-state index in [0.29, 0.717) is 0 Å². The smallest absolute Gasteiger partial charge is 0.342 e. The molecule has 1 aromatic carbocycles. The Kier molecular flexibility index (Phi) is 4.97. The van der Waals surface area contributed by atoms with Crippen molar-refractivity contribution >= 4 is 37.7 Å². The summed E-state index contributed by atoms with van der Waals surface area (Å²) in [6.07, 6.45) is 1.86. The molecule has 1 aromatic rings. The Hall–Kier alpha value is 0.290. The van der Waals surface area contributed by atoms with E-state index in [-0.39, 0.29) is 5.56 Å². The van der Waals surface area contributed by atoms with Crippen LogP contribution < -0.4 is 0 Å². The lowest BCUT2D eigenvalue weighted by Crippen LogP contribution is -2.00. The van der Waals surface area contributed by atoms with E-state index >= 15 is 0 Å². The van der Waals surface area contributed by atoms with Gasteiger partial charge in [0, 0.05) is 4.90 Å². The zero-order chi connectivity index (χ0) is 13.3. The quantitative estimate of drug-likeness (QED) is 0.497. The summed E-state index contributed by atoms with van der Waals surface area (Å²) >= 11 is 5.89. The Labute approximate surface area is 108 Å². The predicted molar refractivity (Wildman–Crippen MR) is 71.7 cm³/mol. The standard InChI is InChI=1S/C8H12O5P2S2/c1-17-7-4-2-6(3-5-7)8(14(9,10)11)15(12,13)16/h2-5,8H,1H3,(H2,9,10,11)(H2,12,13,16). The van der Waals surface area contributed by atoms with E-state index in [9.17, 15) is 14.4 Å². The van der Waals surface area contributed by atoms with Gasteiger partial charge in [0.25, 0.3) is 0 Å². The highest BCUT2D eigenvalue weighted by Gasteiger charge is 2.40. The summed E-state index contributed by atoms with van der Waals surface area (Å²) in [5, 5.41) is -1.72. The summed E-state index contributed by atoms with van der Waals surface area (Å²) < 4.78 is 11.3. The van der Waals surface area contributed by atoms with Gasteiger partial charge in [-0.15, -0.1) is 11.8 Å². The lowest BCUT2D eigenvalue weighted by atomic mass is 10.2. The molecule has 0 aromatic heterocycles. The normalized spacial score (nSPS) is 14.6. The molecule has 0 aliphatic rings. The molecule has 4 N–H and O–H groups in total. The zero-order valence-electron chi connectivity index (χ0n) is 8.79. The lowest BCUT2D eigenvalue weighted by molar-refractivity contribution is 0.363. The van der Waals surface area contributed by atoms with Crippen molar-refractivity contribution < 1.29 is 24.1 Å². The summed E-state index contributed by atoms with van der Waals surface area (Å²) in [7, 11) is -4.70. The largest absolute Gasteiger partial charge is 0.344 e. The molecule has 96 valence electrons. The van der Waals surface area contributed by atoms with Gasteiger partial charge in [0.1, 0.15) is 0 Å². The Bertz CT molecular complexity index is 455. The molecule has 1 rings (SSSR count). The molecule has 0 aliphatic carbocycles. The molecule has 0 radical (unpaired) electrons. The van der Waals surface area contributed by atoms with Gasteiger partial charge in [-0.1, -0.05) is 12.1 Å². The Balaban J connectivity index is 3.24. The van der Waals surface area contributed by atoms with E-state index in [1.807, 2.05) is 6.26 Å². The number of hydrogen-bond acceptors (Lipinski definition) is 3. The molecule has 0 saturated heterocycles. The van der Waals surface area contributed by atoms with E-state index in [1.165, 1.54) is 23.9 Å². The first-order valence-corrected chi connectivity index (χ1v) is 10.1. The van der Waals surface area contributed by atoms with Crippen molar-refractivity contribution in [1.29, 1.82) is 0 Å². The highest BCUT2D eigenvalue weighted by molar-refractivity contribution is 8.11. The fraction of sp³-hybridized carbons (Fsp3) is 0.250. The minimum Gasteiger partial charge on any atom is -0.344 e. The van der Waals surface area contributed by atoms with Crippen LogP contribution in [0.3, 0.4) is 0 Å². The van der Waals surface area contributed by atoms with Crippen LogP contribution in [-0.4, -0.2) is 25.8 Å². The van der Waals surface area contributed by atoms with Crippen molar-refractivity contribution in [2.45, 2.75) is 10.3 Å². The van der Waals surface area contributed by atoms with Gasteiger partial charge in [-0.05, 0) is 35.8 Å². The van der Waals surface area contributed by atoms with Crippen LogP contribution in [0, 0.1) is 0 Å². The molecule has 1 atom stereocenters. The minimum atomic E-state index is -4.70. The van der Waals surface area contributed by atoms with Gasteiger partial charge >= 0.3 is 7.60 Å². The monoisotopic (exact) mass is 314 g/mol. The molecular formula is C8H12O5P2S2. The number of hydrogen-bond donors (Lipinski definition) is 4. The highest BCUT2D eigenvalue weighted by atomic mass is 32.5. The molecular weight excluding hydrogens is 302 g/mol. The van der Waals surface area contributed by atoms with Crippen molar-refractivity contribution in [1.82, 2.24) is 0 Å². The molecule has 0 saturated carbocycles. The summed E-state index contributed by atoms with van der Waals surface area (Å²) in [6.45, 7) is -4.08. The van der Waals surface area contributed by atoms with Crippen molar-refractivity contribution in [2.75, 3.05) is 6.26 Å². The van der Waals surface area contributed by atoms with Crippen LogP contribution in [0.4, 0.5) is 0 Å². The average Bonchev–Trinajstić information content (AvgIpc) is 2.14. The third kappa shape index (κ3) is 4.16. The maximum Gasteiger partial charge on any atom is 0.342 e. The third-order valence-corrected chi connectivity index (χ3v) is 7.64. The number of rotatable bonds is 4. The molecule has 0 heterocycles. The molecule has 9 heteroatoms. The van der Waals surface area contributed by atoms with E-state index in [0.717, 1.165) is 4.90 Å². The average molecular weight is 314 g/mol. The second kappa shape index (κ2) is 5.51. The molecule has 5 nitrogen and oxygen atoms in total. The first-order valence-electron chi connectivity index (χ1n) is 4.40. The van der Waals surface area contributed by atoms with E-state index in [1.54, 1.807) is 12.1 Å². The van der Waals surface area contributed by atoms with Crippen molar-refractivity contribution in [3.63, 3.8) is 0 Å². The van der Waals surface area contributed by atoms with Crippen LogP contribution in [-0.2, 0) is 16.4 Å². The first-order chi connectivity index (χ1) is 7.66. The van der Waals surface area contributed by atoms with Crippen LogP contribution in [0.5, 0.6) is 0 Å². The summed E-state index contributed by atoms with van der Waals surface area (Å²) in [5.74, 6) is 0. The van der Waals surface area contributed by atoms with Gasteiger partial charge in [-0.25, -0.2) is 0 Å². The Morgan fingerprint density at radius 3 is 1.94 bits per heavy atom. The lowest BCUT2D eigenvalue weighted by Gasteiger charge is -2.22. The van der Waals surface area contributed by atoms with Crippen LogP contribution in [0.2, 0.25) is 0 Å². The number of thioether (sulfide) groups is 1. The van der Waals surface area contributed by atoms with Crippen molar-refractivity contribution in [3.8, 4) is 0 Å². The molecule has 0 amide bonds. The molecule has 0 fully saturated rings. The van der Waals surface area contributed by atoms with Crippen molar-refractivity contribution in [2.24, 2.45) is 0 Å². The summed E-state index contributed by atoms with van der Waals surface area (Å²) in [4.78, 5) is 37.9. The van der Waals surface area contributed by atoms with Crippen LogP contribution in [0.25, 0.3) is 0 Å². The van der Waals surface area contributed by atoms with Gasteiger partial charge in [0.05, 0.1) is 0 Å². The first kappa shape index (κ1) is 15.3. The molecule has 0 spiro atoms. The van der Waals surface area contributed by atoms with Crippen molar-refractivity contribution in [3.05, 3.63) is 29.8 Å². The predicted octanol–water partition coefficient (Wildman–Crippen LogP) is 1.88. The van der Waals surface area contributed by atoms with Gasteiger partial charge < -0.3 is 19.6 Å². The van der Waals surface area contributed by atoms with Crippen LogP contribution in [0.1, 0.15) is 11.0 Å². The van der Waals surface area contributed by atoms with Gasteiger partial charge in [0.15, 0.2) is 5.40 Å². The topological polar surface area (TPSA) is 98.0 Å². The third-order valence-electron chi connectivity index (χ3n) is 2.05. The SMILES string of the molecule is CSc1ccc(C(P(=O)(O)O)P(O)(O)=S)cc1. The fourth-order valence-electron chi connectivity index (χ4n) is 1.36. The van der Waals surface area contributed by atoms with E-state index in [2.05, 4.69) is 11.8 Å². The molecule has 1 unspecified atom stereocenters. The van der Waals surface area contributed by atoms with Crippen LogP contribution in [0.15, 0.2) is 29.2 Å². The molecule has 0 bridgehead atoms. The fourth-order valence-corrected chi connectivity index (χ4v) is 5.93. The van der Waals surface area contributed by atoms with E-state index in [4.69, 9.17) is 9.79 Å². The van der Waals surface area contributed by atoms with Gasteiger partial charge in [0.2, 0.25) is 6.49 Å². The van der Waals surface area contributed by atoms with Gasteiger partial charge in [-0.3, -0.25) is 4.57 Å². The minimum absolute atomic E-state index is 0.143. The zero-order valence-corrected chi connectivity index (χ0v) is 12.2. The number of benzene rings is 1. The second-order valence-corrected chi connectivity index (χ2v) is 9.61. The second-order valence-electron chi connectivity index (χ2n) is 3.33. The molecule has 0 aliphatic heterocycles. The summed E-state index contributed by atoms with van der Waals surface area (Å²) in [5.41, 5.74) is 0.143. The van der Waals surface area contributed by atoms with Crippen LogP contribution >= 0.6 is 25.8 Å².